The van der Waals surface area contributed by atoms with Gasteiger partial charge >= 0.3 is 0 Å². The van der Waals surface area contributed by atoms with E-state index < -0.39 is 0 Å². The van der Waals surface area contributed by atoms with Crippen molar-refractivity contribution >= 4 is 0 Å². The quantitative estimate of drug-likeness (QED) is 0.556. The van der Waals surface area contributed by atoms with Crippen LogP contribution in [0.4, 0.5) is 0 Å². The molecular weight excluding hydrogens is 192 g/mol. The fourth-order valence-corrected chi connectivity index (χ4v) is 2.49. The summed E-state index contributed by atoms with van der Waals surface area (Å²) in [6, 6.07) is 15.5. The van der Waals surface area contributed by atoms with Gasteiger partial charge in [0.2, 0.25) is 0 Å². The lowest BCUT2D eigenvalue weighted by Crippen LogP contribution is -1.85. The summed E-state index contributed by atoms with van der Waals surface area (Å²) in [6.45, 7) is 3.79. The molecule has 0 nitrogen and oxygen atoms in total. The maximum Gasteiger partial charge on any atom is -0.00134 e. The van der Waals surface area contributed by atoms with E-state index in [4.69, 9.17) is 0 Å². The zero-order valence-electron chi connectivity index (χ0n) is 9.24. The summed E-state index contributed by atoms with van der Waals surface area (Å²) in [5.41, 5.74) is 7.08. The topological polar surface area (TPSA) is 0 Å². The number of hydrogen-bond acceptors (Lipinski definition) is 0. The summed E-state index contributed by atoms with van der Waals surface area (Å²) in [6.07, 6.45) is 4.00. The van der Waals surface area contributed by atoms with Crippen LogP contribution in [0.1, 0.15) is 16.7 Å². The maximum absolute atomic E-state index is 3.79. The molecule has 3 rings (SSSR count). The molecule has 2 aromatic carbocycles. The predicted molar refractivity (Wildman–Crippen MR) is 68.6 cm³/mol. The van der Waals surface area contributed by atoms with Gasteiger partial charge in [0, 0.05) is 0 Å². The van der Waals surface area contributed by atoms with Gasteiger partial charge in [-0.25, -0.2) is 0 Å². The third-order valence-corrected chi connectivity index (χ3v) is 3.24. The van der Waals surface area contributed by atoms with Crippen LogP contribution in [0.5, 0.6) is 0 Å². The molecule has 0 saturated carbocycles. The van der Waals surface area contributed by atoms with Gasteiger partial charge in [-0.1, -0.05) is 48.5 Å². The first kappa shape index (κ1) is 9.41. The van der Waals surface area contributed by atoms with Gasteiger partial charge in [0.15, 0.2) is 0 Å². The van der Waals surface area contributed by atoms with Crippen LogP contribution < -0.4 is 0 Å². The highest BCUT2D eigenvalue weighted by atomic mass is 14.2. The minimum Gasteiger partial charge on any atom is -0.103 e. The number of rotatable bonds is 2. The zero-order chi connectivity index (χ0) is 11.0. The molecule has 0 saturated heterocycles. The van der Waals surface area contributed by atoms with E-state index in [9.17, 15) is 0 Å². The van der Waals surface area contributed by atoms with Gasteiger partial charge < -0.3 is 0 Å². The van der Waals surface area contributed by atoms with Crippen molar-refractivity contribution in [3.8, 4) is 11.1 Å². The second kappa shape index (κ2) is 3.64. The van der Waals surface area contributed by atoms with E-state index in [2.05, 4.69) is 49.0 Å². The van der Waals surface area contributed by atoms with Crippen molar-refractivity contribution in [1.82, 2.24) is 0 Å². The average molecular weight is 206 g/mol. The highest BCUT2D eigenvalue weighted by molar-refractivity contribution is 5.76. The Labute approximate surface area is 96.3 Å². The fourth-order valence-electron chi connectivity index (χ4n) is 2.49. The van der Waals surface area contributed by atoms with Gasteiger partial charge in [0.05, 0.1) is 0 Å². The Morgan fingerprint density at radius 3 is 2.69 bits per heavy atom. The van der Waals surface area contributed by atoms with Gasteiger partial charge in [-0.2, -0.15) is 0 Å². The van der Waals surface area contributed by atoms with Gasteiger partial charge in [-0.05, 0) is 40.7 Å². The monoisotopic (exact) mass is 206 g/mol. The molecule has 0 aromatic heterocycles. The molecule has 0 atom stereocenters. The second-order valence-electron chi connectivity index (χ2n) is 4.32. The van der Waals surface area contributed by atoms with Gasteiger partial charge in [-0.15, -0.1) is 6.58 Å². The first-order valence-corrected chi connectivity index (χ1v) is 5.69. The van der Waals surface area contributed by atoms with E-state index >= 15 is 0 Å². The molecule has 78 valence electrons. The lowest BCUT2D eigenvalue weighted by molar-refractivity contribution is 1.21. The highest BCUT2D eigenvalue weighted by Crippen LogP contribution is 2.36. The van der Waals surface area contributed by atoms with Crippen LogP contribution in [-0.4, -0.2) is 0 Å². The third-order valence-electron chi connectivity index (χ3n) is 3.24. The minimum absolute atomic E-state index is 0.962. The van der Waals surface area contributed by atoms with Gasteiger partial charge in [0.1, 0.15) is 0 Å². The van der Waals surface area contributed by atoms with Crippen LogP contribution in [0.2, 0.25) is 0 Å². The molecular formula is C16H14. The summed E-state index contributed by atoms with van der Waals surface area (Å²) < 4.78 is 0. The molecule has 0 fully saturated rings. The predicted octanol–water partition coefficient (Wildman–Crippen LogP) is 3.99. The minimum atomic E-state index is 0.962. The summed E-state index contributed by atoms with van der Waals surface area (Å²) in [5, 5.41) is 0. The molecule has 0 spiro atoms. The van der Waals surface area contributed by atoms with E-state index in [0.29, 0.717) is 0 Å². The van der Waals surface area contributed by atoms with Gasteiger partial charge in [0.25, 0.3) is 0 Å². The number of allylic oxidation sites excluding steroid dienone is 1. The standard InChI is InChI=1S/C16H14/c1-2-5-12-8-9-16-14(10-12)11-13-6-3-4-7-15(13)16/h2-4,6-10H,1,5,11H2. The highest BCUT2D eigenvalue weighted by Gasteiger charge is 2.17. The van der Waals surface area contributed by atoms with Crippen molar-refractivity contribution in [2.75, 3.05) is 0 Å². The van der Waals surface area contributed by atoms with Crippen molar-refractivity contribution in [1.29, 1.82) is 0 Å². The summed E-state index contributed by atoms with van der Waals surface area (Å²) >= 11 is 0. The van der Waals surface area contributed by atoms with E-state index in [0.717, 1.165) is 12.8 Å². The smallest absolute Gasteiger partial charge is 0.00134 e. The van der Waals surface area contributed by atoms with Crippen LogP contribution in [0, 0.1) is 0 Å². The Morgan fingerprint density at radius 1 is 1.00 bits per heavy atom. The van der Waals surface area contributed by atoms with Crippen molar-refractivity contribution in [2.45, 2.75) is 12.8 Å². The van der Waals surface area contributed by atoms with E-state index in [1.54, 1.807) is 0 Å². The Morgan fingerprint density at radius 2 is 1.81 bits per heavy atom. The first-order chi connectivity index (χ1) is 7.88. The van der Waals surface area contributed by atoms with Crippen LogP contribution in [-0.2, 0) is 12.8 Å². The SMILES string of the molecule is C=CCc1ccc2c(c1)Cc1ccccc1-2. The number of fused-ring (bicyclic) bond motifs is 3. The Balaban J connectivity index is 2.10. The van der Waals surface area contributed by atoms with Gasteiger partial charge in [-0.3, -0.25) is 0 Å². The van der Waals surface area contributed by atoms with E-state index in [1.165, 1.54) is 27.8 Å². The zero-order valence-corrected chi connectivity index (χ0v) is 9.24. The molecule has 0 amide bonds. The molecule has 0 radical (unpaired) electrons. The largest absolute Gasteiger partial charge is 0.103 e. The first-order valence-electron chi connectivity index (χ1n) is 5.69. The van der Waals surface area contributed by atoms with Crippen molar-refractivity contribution in [3.05, 3.63) is 71.8 Å². The molecule has 1 aliphatic rings. The molecule has 0 bridgehead atoms. The maximum atomic E-state index is 3.79. The Bertz CT molecular complexity index is 550. The lowest BCUT2D eigenvalue weighted by Gasteiger charge is -2.03. The summed E-state index contributed by atoms with van der Waals surface area (Å²) in [5.74, 6) is 0. The molecule has 0 N–H and O–H groups in total. The number of benzene rings is 2. The van der Waals surface area contributed by atoms with Crippen LogP contribution in [0.3, 0.4) is 0 Å². The van der Waals surface area contributed by atoms with E-state index in [-0.39, 0.29) is 0 Å². The number of hydrogen-bond donors (Lipinski definition) is 0. The molecule has 0 heterocycles. The fraction of sp³-hybridized carbons (Fsp3) is 0.125. The van der Waals surface area contributed by atoms with E-state index in [1.807, 2.05) is 6.08 Å². The normalized spacial score (nSPS) is 12.0. The third kappa shape index (κ3) is 1.38. The Kier molecular flexibility index (Phi) is 2.14. The van der Waals surface area contributed by atoms with Crippen LogP contribution in [0.15, 0.2) is 55.1 Å². The molecule has 0 aliphatic heterocycles. The molecule has 16 heavy (non-hydrogen) atoms. The molecule has 2 aromatic rings. The second-order valence-corrected chi connectivity index (χ2v) is 4.32. The molecule has 0 heteroatoms. The van der Waals surface area contributed by atoms with Crippen LogP contribution >= 0.6 is 0 Å². The lowest BCUT2D eigenvalue weighted by atomic mass is 10.0. The van der Waals surface area contributed by atoms with Crippen LogP contribution in [0.25, 0.3) is 11.1 Å². The Hall–Kier alpha value is -1.82. The molecule has 0 unspecified atom stereocenters. The summed E-state index contributed by atoms with van der Waals surface area (Å²) in [4.78, 5) is 0. The average Bonchev–Trinajstić information content (AvgIpc) is 2.67. The summed E-state index contributed by atoms with van der Waals surface area (Å²) in [7, 11) is 0. The van der Waals surface area contributed by atoms with Crippen molar-refractivity contribution < 1.29 is 0 Å². The molecule has 1 aliphatic carbocycles. The van der Waals surface area contributed by atoms with Crippen molar-refractivity contribution in [3.63, 3.8) is 0 Å². The van der Waals surface area contributed by atoms with Crippen molar-refractivity contribution in [2.24, 2.45) is 0 Å².